The van der Waals surface area contributed by atoms with Crippen LogP contribution < -0.4 is 0 Å². The summed E-state index contributed by atoms with van der Waals surface area (Å²) < 4.78 is 25.5. The predicted molar refractivity (Wildman–Crippen MR) is 93.8 cm³/mol. The van der Waals surface area contributed by atoms with E-state index in [0.717, 1.165) is 18.4 Å². The summed E-state index contributed by atoms with van der Waals surface area (Å²) in [5, 5.41) is 0. The van der Waals surface area contributed by atoms with Gasteiger partial charge in [0.1, 0.15) is 0 Å². The summed E-state index contributed by atoms with van der Waals surface area (Å²) in [6.45, 7) is 2.18. The molecule has 0 saturated heterocycles. The van der Waals surface area contributed by atoms with Gasteiger partial charge in [0, 0.05) is 14.1 Å². The van der Waals surface area contributed by atoms with Gasteiger partial charge in [0.05, 0.1) is 4.90 Å². The van der Waals surface area contributed by atoms with Crippen molar-refractivity contribution in [3.63, 3.8) is 0 Å². The van der Waals surface area contributed by atoms with E-state index in [1.54, 1.807) is 26.2 Å². The lowest BCUT2D eigenvalue weighted by atomic mass is 9.98. The standard InChI is InChI=1S/C19H21NO2S/c1-14-12-16-6-4-5-7-18(16)19(14)13-15-8-10-17(11-9-15)23(21,22)20(2)3/h4-11H,12-13H2,1-3H3. The number of hydrogen-bond donors (Lipinski definition) is 0. The molecule has 0 radical (unpaired) electrons. The molecule has 23 heavy (non-hydrogen) atoms. The summed E-state index contributed by atoms with van der Waals surface area (Å²) in [6.07, 6.45) is 1.85. The Labute approximate surface area is 138 Å². The van der Waals surface area contributed by atoms with Crippen molar-refractivity contribution in [2.24, 2.45) is 0 Å². The molecule has 3 nitrogen and oxygen atoms in total. The first-order chi connectivity index (χ1) is 10.9. The van der Waals surface area contributed by atoms with Crippen molar-refractivity contribution >= 4 is 15.6 Å². The zero-order valence-electron chi connectivity index (χ0n) is 13.7. The molecule has 0 bridgehead atoms. The normalized spacial score (nSPS) is 14.4. The van der Waals surface area contributed by atoms with Gasteiger partial charge in [0.25, 0.3) is 0 Å². The Kier molecular flexibility index (Phi) is 4.13. The first kappa shape index (κ1) is 16.0. The van der Waals surface area contributed by atoms with Crippen LogP contribution >= 0.6 is 0 Å². The summed E-state index contributed by atoms with van der Waals surface area (Å²) in [6, 6.07) is 15.7. The van der Waals surface area contributed by atoms with Crippen molar-refractivity contribution in [3.8, 4) is 0 Å². The number of fused-ring (bicyclic) bond motifs is 1. The minimum Gasteiger partial charge on any atom is -0.207 e. The van der Waals surface area contributed by atoms with Crippen LogP contribution in [-0.2, 0) is 22.9 Å². The topological polar surface area (TPSA) is 37.4 Å². The predicted octanol–water partition coefficient (Wildman–Crippen LogP) is 3.51. The maximum absolute atomic E-state index is 12.1. The van der Waals surface area contributed by atoms with Crippen molar-refractivity contribution < 1.29 is 8.42 Å². The molecule has 2 aromatic rings. The van der Waals surface area contributed by atoms with Gasteiger partial charge in [-0.05, 0) is 54.2 Å². The third kappa shape index (κ3) is 2.96. The third-order valence-electron chi connectivity index (χ3n) is 4.40. The van der Waals surface area contributed by atoms with Gasteiger partial charge in [-0.15, -0.1) is 0 Å². The maximum atomic E-state index is 12.1. The lowest BCUT2D eigenvalue weighted by molar-refractivity contribution is 0.520. The van der Waals surface area contributed by atoms with Gasteiger partial charge in [-0.25, -0.2) is 12.7 Å². The van der Waals surface area contributed by atoms with E-state index >= 15 is 0 Å². The van der Waals surface area contributed by atoms with Gasteiger partial charge in [-0.2, -0.15) is 0 Å². The molecule has 0 unspecified atom stereocenters. The SMILES string of the molecule is CC1=C(Cc2ccc(S(=O)(=O)N(C)C)cc2)c2ccccc2C1. The zero-order valence-corrected chi connectivity index (χ0v) is 14.5. The van der Waals surface area contributed by atoms with E-state index < -0.39 is 10.0 Å². The zero-order chi connectivity index (χ0) is 16.6. The number of nitrogens with zero attached hydrogens (tertiary/aromatic N) is 1. The highest BCUT2D eigenvalue weighted by Gasteiger charge is 2.19. The molecule has 0 N–H and O–H groups in total. The molecule has 120 valence electrons. The fourth-order valence-electron chi connectivity index (χ4n) is 3.03. The molecule has 3 rings (SSSR count). The average Bonchev–Trinajstić information content (AvgIpc) is 2.84. The van der Waals surface area contributed by atoms with Gasteiger partial charge in [0.15, 0.2) is 0 Å². The molecule has 1 aliphatic rings. The van der Waals surface area contributed by atoms with Crippen LogP contribution in [0.25, 0.3) is 5.57 Å². The number of benzene rings is 2. The Bertz CT molecular complexity index is 862. The van der Waals surface area contributed by atoms with Gasteiger partial charge < -0.3 is 0 Å². The number of rotatable bonds is 4. The monoisotopic (exact) mass is 327 g/mol. The van der Waals surface area contributed by atoms with Crippen molar-refractivity contribution in [1.82, 2.24) is 4.31 Å². The minimum atomic E-state index is -3.36. The molecule has 4 heteroatoms. The lowest BCUT2D eigenvalue weighted by Crippen LogP contribution is -2.22. The highest BCUT2D eigenvalue weighted by atomic mass is 32.2. The lowest BCUT2D eigenvalue weighted by Gasteiger charge is -2.12. The molecular formula is C19H21NO2S. The fraction of sp³-hybridized carbons (Fsp3) is 0.263. The number of sulfonamides is 1. The first-order valence-corrected chi connectivity index (χ1v) is 9.12. The average molecular weight is 327 g/mol. The molecule has 0 atom stereocenters. The summed E-state index contributed by atoms with van der Waals surface area (Å²) in [5.74, 6) is 0. The van der Waals surface area contributed by atoms with E-state index in [2.05, 4.69) is 31.2 Å². The van der Waals surface area contributed by atoms with E-state index in [4.69, 9.17) is 0 Å². The van der Waals surface area contributed by atoms with Crippen molar-refractivity contribution in [1.29, 1.82) is 0 Å². The van der Waals surface area contributed by atoms with E-state index in [0.29, 0.717) is 4.90 Å². The van der Waals surface area contributed by atoms with Crippen molar-refractivity contribution in [2.75, 3.05) is 14.1 Å². The van der Waals surface area contributed by atoms with Crippen LogP contribution in [0.1, 0.15) is 23.6 Å². The van der Waals surface area contributed by atoms with Gasteiger partial charge in [0.2, 0.25) is 10.0 Å². The second kappa shape index (κ2) is 5.95. The molecule has 1 aliphatic carbocycles. The maximum Gasteiger partial charge on any atom is 0.242 e. The molecule has 2 aromatic carbocycles. The quantitative estimate of drug-likeness (QED) is 0.862. The van der Waals surface area contributed by atoms with Crippen LogP contribution in [-0.4, -0.2) is 26.8 Å². The van der Waals surface area contributed by atoms with E-state index in [1.807, 2.05) is 12.1 Å². The minimum absolute atomic E-state index is 0.337. The smallest absolute Gasteiger partial charge is 0.207 e. The van der Waals surface area contributed by atoms with Gasteiger partial charge in [-0.1, -0.05) is 42.0 Å². The Balaban J connectivity index is 1.87. The number of allylic oxidation sites excluding steroid dienone is 2. The molecule has 0 spiro atoms. The Morgan fingerprint density at radius 3 is 2.30 bits per heavy atom. The molecule has 0 aliphatic heterocycles. The molecule has 0 heterocycles. The van der Waals surface area contributed by atoms with E-state index in [1.165, 1.54) is 26.6 Å². The Morgan fingerprint density at radius 1 is 1.00 bits per heavy atom. The molecule has 0 fully saturated rings. The second-order valence-corrected chi connectivity index (χ2v) is 8.35. The summed E-state index contributed by atoms with van der Waals surface area (Å²) in [4.78, 5) is 0.337. The van der Waals surface area contributed by atoms with Crippen molar-refractivity contribution in [2.45, 2.75) is 24.7 Å². The van der Waals surface area contributed by atoms with Crippen LogP contribution in [0, 0.1) is 0 Å². The van der Waals surface area contributed by atoms with E-state index in [-0.39, 0.29) is 0 Å². The van der Waals surface area contributed by atoms with Crippen LogP contribution in [0.15, 0.2) is 59.0 Å². The molecule has 0 aromatic heterocycles. The fourth-order valence-corrected chi connectivity index (χ4v) is 3.93. The molecular weight excluding hydrogens is 306 g/mol. The Morgan fingerprint density at radius 2 is 1.65 bits per heavy atom. The Hall–Kier alpha value is -1.91. The van der Waals surface area contributed by atoms with Crippen LogP contribution in [0.5, 0.6) is 0 Å². The molecule has 0 amide bonds. The van der Waals surface area contributed by atoms with Crippen LogP contribution in [0.4, 0.5) is 0 Å². The van der Waals surface area contributed by atoms with E-state index in [9.17, 15) is 8.42 Å². The third-order valence-corrected chi connectivity index (χ3v) is 6.23. The van der Waals surface area contributed by atoms with Crippen molar-refractivity contribution in [3.05, 3.63) is 70.8 Å². The molecule has 0 saturated carbocycles. The van der Waals surface area contributed by atoms with Gasteiger partial charge in [-0.3, -0.25) is 0 Å². The largest absolute Gasteiger partial charge is 0.242 e. The van der Waals surface area contributed by atoms with Crippen LogP contribution in [0.2, 0.25) is 0 Å². The highest BCUT2D eigenvalue weighted by Crippen LogP contribution is 2.34. The highest BCUT2D eigenvalue weighted by molar-refractivity contribution is 7.89. The summed E-state index contributed by atoms with van der Waals surface area (Å²) >= 11 is 0. The van der Waals surface area contributed by atoms with Gasteiger partial charge >= 0.3 is 0 Å². The number of hydrogen-bond acceptors (Lipinski definition) is 2. The summed E-state index contributed by atoms with van der Waals surface area (Å²) in [5.41, 5.74) is 6.61. The summed E-state index contributed by atoms with van der Waals surface area (Å²) in [7, 11) is -0.262. The second-order valence-electron chi connectivity index (χ2n) is 6.20. The first-order valence-electron chi connectivity index (χ1n) is 7.68. The van der Waals surface area contributed by atoms with Crippen LogP contribution in [0.3, 0.4) is 0 Å².